The van der Waals surface area contributed by atoms with E-state index in [1.54, 1.807) is 6.33 Å². The van der Waals surface area contributed by atoms with Crippen molar-refractivity contribution in [3.05, 3.63) is 17.6 Å². The van der Waals surface area contributed by atoms with Gasteiger partial charge in [0.15, 0.2) is 0 Å². The summed E-state index contributed by atoms with van der Waals surface area (Å²) < 4.78 is 0. The average molecular weight is 302 g/mol. The number of carbonyl (C=O) groups is 1. The van der Waals surface area contributed by atoms with Gasteiger partial charge in [-0.1, -0.05) is 26.2 Å². The van der Waals surface area contributed by atoms with Crippen molar-refractivity contribution < 1.29 is 4.79 Å². The summed E-state index contributed by atoms with van der Waals surface area (Å²) in [5, 5.41) is 3.04. The van der Waals surface area contributed by atoms with Gasteiger partial charge < -0.3 is 5.32 Å². The van der Waals surface area contributed by atoms with Crippen molar-refractivity contribution in [2.45, 2.75) is 58.4 Å². The lowest BCUT2D eigenvalue weighted by Crippen LogP contribution is -2.32. The second kappa shape index (κ2) is 7.18. The fourth-order valence-corrected chi connectivity index (χ4v) is 3.62. The second-order valence-electron chi connectivity index (χ2n) is 6.52. The Kier molecular flexibility index (Phi) is 5.03. The minimum atomic E-state index is 0.116. The fourth-order valence-electron chi connectivity index (χ4n) is 3.62. The summed E-state index contributed by atoms with van der Waals surface area (Å²) >= 11 is 0. The highest BCUT2D eigenvalue weighted by atomic mass is 16.1. The molecule has 1 aliphatic carbocycles. The number of hydrogen-bond acceptors (Lipinski definition) is 4. The maximum atomic E-state index is 12.3. The number of nitrogens with one attached hydrogen (secondary N) is 1. The van der Waals surface area contributed by atoms with E-state index in [-0.39, 0.29) is 5.91 Å². The van der Waals surface area contributed by atoms with Gasteiger partial charge in [0.1, 0.15) is 12.1 Å². The third kappa shape index (κ3) is 3.64. The Morgan fingerprint density at radius 2 is 2.14 bits per heavy atom. The van der Waals surface area contributed by atoms with Gasteiger partial charge in [-0.3, -0.25) is 9.69 Å². The average Bonchev–Trinajstić information content (AvgIpc) is 2.55. The van der Waals surface area contributed by atoms with Gasteiger partial charge in [-0.15, -0.1) is 0 Å². The molecule has 1 aromatic heterocycles. The van der Waals surface area contributed by atoms with Crippen LogP contribution in [0.3, 0.4) is 0 Å². The van der Waals surface area contributed by atoms with Crippen LogP contribution in [0.25, 0.3) is 0 Å². The molecular formula is C17H26N4O. The highest BCUT2D eigenvalue weighted by molar-refractivity contribution is 5.90. The maximum absolute atomic E-state index is 12.3. The Labute approximate surface area is 132 Å². The first-order valence-corrected chi connectivity index (χ1v) is 8.61. The van der Waals surface area contributed by atoms with E-state index < -0.39 is 0 Å². The predicted octanol–water partition coefficient (Wildman–Crippen LogP) is 2.76. The molecular weight excluding hydrogens is 276 g/mol. The van der Waals surface area contributed by atoms with E-state index in [9.17, 15) is 4.79 Å². The van der Waals surface area contributed by atoms with E-state index in [0.29, 0.717) is 12.3 Å². The number of amides is 1. The van der Waals surface area contributed by atoms with Crippen molar-refractivity contribution in [1.29, 1.82) is 0 Å². The summed E-state index contributed by atoms with van der Waals surface area (Å²) in [6.45, 7) is 5.08. The molecule has 5 heteroatoms. The first kappa shape index (κ1) is 15.4. The molecule has 0 aromatic carbocycles. The van der Waals surface area contributed by atoms with Crippen molar-refractivity contribution in [3.63, 3.8) is 0 Å². The molecule has 0 unspecified atom stereocenters. The summed E-state index contributed by atoms with van der Waals surface area (Å²) in [6.07, 6.45) is 9.39. The van der Waals surface area contributed by atoms with E-state index in [1.165, 1.54) is 32.1 Å². The van der Waals surface area contributed by atoms with Gasteiger partial charge in [-0.25, -0.2) is 9.97 Å². The molecule has 0 bridgehead atoms. The number of rotatable bonds is 4. The van der Waals surface area contributed by atoms with Crippen LogP contribution in [-0.2, 0) is 17.8 Å². The molecule has 2 heterocycles. The highest BCUT2D eigenvalue weighted by Crippen LogP contribution is 2.27. The molecule has 0 spiro atoms. The standard InChI is InChI=1S/C17H26N4O/c1-2-21-9-8-14-15(11-21)18-12-19-17(14)20-16(22)10-13-6-4-3-5-7-13/h12-13H,2-11H2,1H3,(H,18,19,20,22). The predicted molar refractivity (Wildman–Crippen MR) is 86.5 cm³/mol. The van der Waals surface area contributed by atoms with Crippen LogP contribution in [0.1, 0.15) is 56.7 Å². The number of carbonyl (C=O) groups excluding carboxylic acids is 1. The molecule has 1 aliphatic heterocycles. The number of hydrogen-bond donors (Lipinski definition) is 1. The zero-order valence-corrected chi connectivity index (χ0v) is 13.5. The Bertz CT molecular complexity index is 525. The van der Waals surface area contributed by atoms with E-state index >= 15 is 0 Å². The summed E-state index contributed by atoms with van der Waals surface area (Å²) in [7, 11) is 0. The van der Waals surface area contributed by atoms with Gasteiger partial charge in [0.05, 0.1) is 5.69 Å². The molecule has 1 saturated carbocycles. The zero-order valence-electron chi connectivity index (χ0n) is 13.5. The largest absolute Gasteiger partial charge is 0.310 e. The monoisotopic (exact) mass is 302 g/mol. The highest BCUT2D eigenvalue weighted by Gasteiger charge is 2.22. The SMILES string of the molecule is CCN1CCc2c(ncnc2NC(=O)CC2CCCCC2)C1. The molecule has 1 amide bonds. The molecule has 0 atom stereocenters. The minimum Gasteiger partial charge on any atom is -0.310 e. The lowest BCUT2D eigenvalue weighted by Gasteiger charge is -2.27. The molecule has 0 saturated heterocycles. The molecule has 120 valence electrons. The molecule has 1 fully saturated rings. The molecule has 22 heavy (non-hydrogen) atoms. The van der Waals surface area contributed by atoms with Crippen molar-refractivity contribution in [3.8, 4) is 0 Å². The van der Waals surface area contributed by atoms with Crippen molar-refractivity contribution in [1.82, 2.24) is 14.9 Å². The van der Waals surface area contributed by atoms with Crippen molar-refractivity contribution in [2.24, 2.45) is 5.92 Å². The third-order valence-corrected chi connectivity index (χ3v) is 4.99. The lowest BCUT2D eigenvalue weighted by molar-refractivity contribution is -0.117. The number of aromatic nitrogens is 2. The Balaban J connectivity index is 1.64. The van der Waals surface area contributed by atoms with E-state index in [4.69, 9.17) is 0 Å². The quantitative estimate of drug-likeness (QED) is 0.929. The number of fused-ring (bicyclic) bond motifs is 1. The van der Waals surface area contributed by atoms with Gasteiger partial charge in [-0.05, 0) is 31.7 Å². The van der Waals surface area contributed by atoms with Crippen LogP contribution in [0.2, 0.25) is 0 Å². The Morgan fingerprint density at radius 1 is 1.32 bits per heavy atom. The third-order valence-electron chi connectivity index (χ3n) is 4.99. The van der Waals surface area contributed by atoms with Gasteiger partial charge in [-0.2, -0.15) is 0 Å². The van der Waals surface area contributed by atoms with Gasteiger partial charge in [0.2, 0.25) is 5.91 Å². The van der Waals surface area contributed by atoms with Gasteiger partial charge in [0.25, 0.3) is 0 Å². The first-order valence-electron chi connectivity index (χ1n) is 8.61. The lowest BCUT2D eigenvalue weighted by atomic mass is 9.87. The molecule has 1 aromatic rings. The van der Waals surface area contributed by atoms with Gasteiger partial charge >= 0.3 is 0 Å². The van der Waals surface area contributed by atoms with E-state index in [0.717, 1.165) is 43.1 Å². The molecule has 2 aliphatic rings. The van der Waals surface area contributed by atoms with Crippen LogP contribution in [0.5, 0.6) is 0 Å². The topological polar surface area (TPSA) is 58.1 Å². The van der Waals surface area contributed by atoms with Crippen LogP contribution in [0, 0.1) is 5.92 Å². The number of nitrogens with zero attached hydrogens (tertiary/aromatic N) is 3. The van der Waals surface area contributed by atoms with Crippen molar-refractivity contribution in [2.75, 3.05) is 18.4 Å². The van der Waals surface area contributed by atoms with Crippen LogP contribution < -0.4 is 5.32 Å². The Morgan fingerprint density at radius 3 is 2.91 bits per heavy atom. The first-order chi connectivity index (χ1) is 10.8. The maximum Gasteiger partial charge on any atom is 0.225 e. The normalized spacial score (nSPS) is 19.7. The van der Waals surface area contributed by atoms with Crippen molar-refractivity contribution >= 4 is 11.7 Å². The van der Waals surface area contributed by atoms with E-state index in [2.05, 4.69) is 27.1 Å². The van der Waals surface area contributed by atoms with E-state index in [1.807, 2.05) is 0 Å². The summed E-state index contributed by atoms with van der Waals surface area (Å²) in [4.78, 5) is 23.4. The molecule has 5 nitrogen and oxygen atoms in total. The molecule has 3 rings (SSSR count). The summed E-state index contributed by atoms with van der Waals surface area (Å²) in [6, 6.07) is 0. The molecule has 1 N–H and O–H groups in total. The van der Waals surface area contributed by atoms with Crippen LogP contribution in [-0.4, -0.2) is 33.9 Å². The number of anilines is 1. The molecule has 0 radical (unpaired) electrons. The van der Waals surface area contributed by atoms with Crippen LogP contribution in [0.4, 0.5) is 5.82 Å². The van der Waals surface area contributed by atoms with Crippen LogP contribution >= 0.6 is 0 Å². The Hall–Kier alpha value is -1.49. The summed E-state index contributed by atoms with van der Waals surface area (Å²) in [5.41, 5.74) is 2.19. The second-order valence-corrected chi connectivity index (χ2v) is 6.52. The fraction of sp³-hybridized carbons (Fsp3) is 0.706. The van der Waals surface area contributed by atoms with Crippen LogP contribution in [0.15, 0.2) is 6.33 Å². The zero-order chi connectivity index (χ0) is 15.4. The minimum absolute atomic E-state index is 0.116. The summed E-state index contributed by atoms with van der Waals surface area (Å²) in [5.74, 6) is 1.41. The number of likely N-dealkylation sites (N-methyl/N-ethyl adjacent to an activating group) is 1. The van der Waals surface area contributed by atoms with Gasteiger partial charge in [0, 0.05) is 25.1 Å². The smallest absolute Gasteiger partial charge is 0.225 e.